The standard InChI is InChI=1S/C16H32N2O/c1-13(2)19-12-4-3-10-17-15-8-5-7-14(15)16-9-6-11-18-16/h13-18H,3-12H2,1-2H3. The van der Waals surface area contributed by atoms with Crippen LogP contribution >= 0.6 is 0 Å². The van der Waals surface area contributed by atoms with Crippen molar-refractivity contribution in [2.45, 2.75) is 77.0 Å². The number of rotatable bonds is 8. The summed E-state index contributed by atoms with van der Waals surface area (Å²) in [6.45, 7) is 7.53. The van der Waals surface area contributed by atoms with Gasteiger partial charge in [0.2, 0.25) is 0 Å². The average Bonchev–Trinajstić information content (AvgIpc) is 3.03. The molecule has 2 aliphatic rings. The first-order valence-electron chi connectivity index (χ1n) is 8.35. The zero-order valence-electron chi connectivity index (χ0n) is 12.8. The fourth-order valence-electron chi connectivity index (χ4n) is 3.63. The molecule has 2 N–H and O–H groups in total. The Labute approximate surface area is 118 Å². The van der Waals surface area contributed by atoms with E-state index in [1.54, 1.807) is 0 Å². The van der Waals surface area contributed by atoms with Crippen LogP contribution in [0.25, 0.3) is 0 Å². The minimum absolute atomic E-state index is 0.376. The molecule has 0 aromatic heterocycles. The van der Waals surface area contributed by atoms with Gasteiger partial charge in [0, 0.05) is 18.7 Å². The second-order valence-corrected chi connectivity index (χ2v) is 6.48. The Morgan fingerprint density at radius 3 is 2.79 bits per heavy atom. The SMILES string of the molecule is CC(C)OCCCCNC1CCCC1C1CCCN1. The number of unbranched alkanes of at least 4 members (excludes halogenated alkanes) is 1. The maximum Gasteiger partial charge on any atom is 0.0518 e. The summed E-state index contributed by atoms with van der Waals surface area (Å²) in [4.78, 5) is 0. The molecule has 0 spiro atoms. The van der Waals surface area contributed by atoms with Crippen LogP contribution in [0.4, 0.5) is 0 Å². The molecule has 2 rings (SSSR count). The van der Waals surface area contributed by atoms with Crippen LogP contribution in [0, 0.1) is 5.92 Å². The Hall–Kier alpha value is -0.120. The van der Waals surface area contributed by atoms with Crippen molar-refractivity contribution in [2.24, 2.45) is 5.92 Å². The number of hydrogen-bond acceptors (Lipinski definition) is 3. The summed E-state index contributed by atoms with van der Waals surface area (Å²) in [5, 5.41) is 7.49. The molecule has 112 valence electrons. The van der Waals surface area contributed by atoms with Gasteiger partial charge in [-0.3, -0.25) is 0 Å². The van der Waals surface area contributed by atoms with Gasteiger partial charge in [0.15, 0.2) is 0 Å². The van der Waals surface area contributed by atoms with Crippen LogP contribution in [-0.4, -0.2) is 37.9 Å². The number of ether oxygens (including phenoxy) is 1. The Morgan fingerprint density at radius 1 is 1.16 bits per heavy atom. The first-order valence-corrected chi connectivity index (χ1v) is 8.35. The summed E-state index contributed by atoms with van der Waals surface area (Å²) in [5.74, 6) is 0.884. The van der Waals surface area contributed by atoms with E-state index in [1.165, 1.54) is 51.5 Å². The fourth-order valence-corrected chi connectivity index (χ4v) is 3.63. The van der Waals surface area contributed by atoms with Crippen molar-refractivity contribution >= 4 is 0 Å². The van der Waals surface area contributed by atoms with E-state index in [-0.39, 0.29) is 0 Å². The molecule has 1 aliphatic heterocycles. The smallest absolute Gasteiger partial charge is 0.0518 e. The Morgan fingerprint density at radius 2 is 2.05 bits per heavy atom. The molecule has 19 heavy (non-hydrogen) atoms. The summed E-state index contributed by atoms with van der Waals surface area (Å²) in [7, 11) is 0. The molecular weight excluding hydrogens is 236 g/mol. The highest BCUT2D eigenvalue weighted by molar-refractivity contribution is 4.93. The second-order valence-electron chi connectivity index (χ2n) is 6.48. The lowest BCUT2D eigenvalue weighted by Gasteiger charge is -2.26. The molecule has 0 aromatic rings. The molecule has 1 heterocycles. The van der Waals surface area contributed by atoms with E-state index in [2.05, 4.69) is 24.5 Å². The summed E-state index contributed by atoms with van der Waals surface area (Å²) in [5.41, 5.74) is 0. The van der Waals surface area contributed by atoms with Gasteiger partial charge in [-0.2, -0.15) is 0 Å². The average molecular weight is 268 g/mol. The van der Waals surface area contributed by atoms with E-state index < -0.39 is 0 Å². The molecule has 3 nitrogen and oxygen atoms in total. The van der Waals surface area contributed by atoms with Gasteiger partial charge in [-0.15, -0.1) is 0 Å². The maximum absolute atomic E-state index is 5.58. The van der Waals surface area contributed by atoms with Crippen LogP contribution in [0.15, 0.2) is 0 Å². The van der Waals surface area contributed by atoms with Gasteiger partial charge < -0.3 is 15.4 Å². The van der Waals surface area contributed by atoms with Crippen molar-refractivity contribution in [3.8, 4) is 0 Å². The van der Waals surface area contributed by atoms with E-state index in [0.29, 0.717) is 6.10 Å². The van der Waals surface area contributed by atoms with Crippen molar-refractivity contribution < 1.29 is 4.74 Å². The Kier molecular flexibility index (Phi) is 6.62. The third-order valence-electron chi connectivity index (χ3n) is 4.61. The van der Waals surface area contributed by atoms with Crippen molar-refractivity contribution in [3.05, 3.63) is 0 Å². The van der Waals surface area contributed by atoms with Gasteiger partial charge in [-0.25, -0.2) is 0 Å². The molecule has 1 aliphatic carbocycles. The molecule has 1 saturated carbocycles. The molecule has 0 bridgehead atoms. The first kappa shape index (κ1) is 15.3. The summed E-state index contributed by atoms with van der Waals surface area (Å²) in [6, 6.07) is 1.56. The van der Waals surface area contributed by atoms with E-state index >= 15 is 0 Å². The quantitative estimate of drug-likeness (QED) is 0.664. The van der Waals surface area contributed by atoms with Crippen molar-refractivity contribution in [3.63, 3.8) is 0 Å². The molecule has 0 amide bonds. The van der Waals surface area contributed by atoms with E-state index in [9.17, 15) is 0 Å². The van der Waals surface area contributed by atoms with E-state index in [4.69, 9.17) is 4.74 Å². The lowest BCUT2D eigenvalue weighted by atomic mass is 9.93. The third kappa shape index (κ3) is 5.05. The summed E-state index contributed by atoms with van der Waals surface area (Å²) < 4.78 is 5.58. The van der Waals surface area contributed by atoms with Gasteiger partial charge in [0.05, 0.1) is 6.10 Å². The van der Waals surface area contributed by atoms with Gasteiger partial charge in [-0.1, -0.05) is 6.42 Å². The molecular formula is C16H32N2O. The number of hydrogen-bond donors (Lipinski definition) is 2. The Bertz CT molecular complexity index is 239. The minimum atomic E-state index is 0.376. The zero-order chi connectivity index (χ0) is 13.5. The van der Waals surface area contributed by atoms with E-state index in [0.717, 1.165) is 31.2 Å². The highest BCUT2D eigenvalue weighted by Crippen LogP contribution is 2.31. The van der Waals surface area contributed by atoms with Gasteiger partial charge in [-0.05, 0) is 71.4 Å². The van der Waals surface area contributed by atoms with Gasteiger partial charge in [0.1, 0.15) is 0 Å². The number of nitrogens with one attached hydrogen (secondary N) is 2. The molecule has 3 heteroatoms. The monoisotopic (exact) mass is 268 g/mol. The van der Waals surface area contributed by atoms with Gasteiger partial charge >= 0.3 is 0 Å². The molecule has 3 unspecified atom stereocenters. The first-order chi connectivity index (χ1) is 9.27. The predicted octanol–water partition coefficient (Wildman–Crippen LogP) is 2.70. The molecule has 1 saturated heterocycles. The van der Waals surface area contributed by atoms with Crippen LogP contribution in [0.2, 0.25) is 0 Å². The molecule has 3 atom stereocenters. The van der Waals surface area contributed by atoms with Crippen LogP contribution in [0.1, 0.15) is 58.8 Å². The van der Waals surface area contributed by atoms with Gasteiger partial charge in [0.25, 0.3) is 0 Å². The zero-order valence-corrected chi connectivity index (χ0v) is 12.8. The summed E-state index contributed by atoms with van der Waals surface area (Å²) >= 11 is 0. The van der Waals surface area contributed by atoms with Crippen LogP contribution in [0.3, 0.4) is 0 Å². The lowest BCUT2D eigenvalue weighted by Crippen LogP contribution is -2.42. The fraction of sp³-hybridized carbons (Fsp3) is 1.00. The molecule has 2 fully saturated rings. The predicted molar refractivity (Wildman–Crippen MR) is 80.5 cm³/mol. The molecule has 0 aromatic carbocycles. The Balaban J connectivity index is 1.56. The van der Waals surface area contributed by atoms with Crippen molar-refractivity contribution in [2.75, 3.05) is 19.7 Å². The van der Waals surface area contributed by atoms with Crippen LogP contribution in [-0.2, 0) is 4.74 Å². The van der Waals surface area contributed by atoms with Crippen molar-refractivity contribution in [1.82, 2.24) is 10.6 Å². The maximum atomic E-state index is 5.58. The molecule has 0 radical (unpaired) electrons. The lowest BCUT2D eigenvalue weighted by molar-refractivity contribution is 0.0758. The van der Waals surface area contributed by atoms with Crippen molar-refractivity contribution in [1.29, 1.82) is 0 Å². The second kappa shape index (κ2) is 8.23. The van der Waals surface area contributed by atoms with Crippen LogP contribution < -0.4 is 10.6 Å². The van der Waals surface area contributed by atoms with Crippen LogP contribution in [0.5, 0.6) is 0 Å². The minimum Gasteiger partial charge on any atom is -0.379 e. The topological polar surface area (TPSA) is 33.3 Å². The highest BCUT2D eigenvalue weighted by atomic mass is 16.5. The summed E-state index contributed by atoms with van der Waals surface area (Å²) in [6.07, 6.45) is 9.79. The highest BCUT2D eigenvalue weighted by Gasteiger charge is 2.34. The largest absolute Gasteiger partial charge is 0.379 e. The third-order valence-corrected chi connectivity index (χ3v) is 4.61. The normalized spacial score (nSPS) is 31.4. The van der Waals surface area contributed by atoms with E-state index in [1.807, 2.05) is 0 Å².